The molecule has 1 aromatic rings. The lowest BCUT2D eigenvalue weighted by atomic mass is 10.0. The molecule has 1 saturated heterocycles. The molecular formula is C14H17NO5. The standard InChI is InChI=1S/C14H17NO5/c1-8-13(14(16)17)15-7-12(20-8)9-2-3-10-11(6-9)19-5-4-18-10/h2-3,6,8,12-13,15H,4-5,7H2,1H3,(H,16,17). The lowest BCUT2D eigenvalue weighted by molar-refractivity contribution is -0.149. The quantitative estimate of drug-likeness (QED) is 0.839. The van der Waals surface area contributed by atoms with Gasteiger partial charge in [-0.2, -0.15) is 0 Å². The number of hydrogen-bond donors (Lipinski definition) is 2. The Kier molecular flexibility index (Phi) is 3.50. The van der Waals surface area contributed by atoms with Crippen molar-refractivity contribution in [3.63, 3.8) is 0 Å². The number of hydrogen-bond acceptors (Lipinski definition) is 5. The van der Waals surface area contributed by atoms with Crippen LogP contribution in [0, 0.1) is 0 Å². The number of ether oxygens (including phenoxy) is 3. The van der Waals surface area contributed by atoms with Gasteiger partial charge in [0, 0.05) is 6.54 Å². The minimum atomic E-state index is -0.891. The van der Waals surface area contributed by atoms with Crippen molar-refractivity contribution in [3.05, 3.63) is 23.8 Å². The third-order valence-corrected chi connectivity index (χ3v) is 3.58. The van der Waals surface area contributed by atoms with Crippen LogP contribution in [0.25, 0.3) is 0 Å². The van der Waals surface area contributed by atoms with Crippen LogP contribution in [-0.2, 0) is 9.53 Å². The van der Waals surface area contributed by atoms with E-state index >= 15 is 0 Å². The first-order valence-electron chi connectivity index (χ1n) is 6.66. The molecule has 0 bridgehead atoms. The van der Waals surface area contributed by atoms with E-state index in [4.69, 9.17) is 19.3 Å². The molecule has 3 rings (SSSR count). The highest BCUT2D eigenvalue weighted by molar-refractivity contribution is 5.74. The highest BCUT2D eigenvalue weighted by Crippen LogP contribution is 2.34. The minimum absolute atomic E-state index is 0.184. The van der Waals surface area contributed by atoms with Crippen molar-refractivity contribution in [2.24, 2.45) is 0 Å². The molecule has 0 aromatic heterocycles. The summed E-state index contributed by atoms with van der Waals surface area (Å²) >= 11 is 0. The molecule has 0 amide bonds. The molecule has 1 fully saturated rings. The van der Waals surface area contributed by atoms with E-state index in [9.17, 15) is 4.79 Å². The van der Waals surface area contributed by atoms with Gasteiger partial charge in [0.25, 0.3) is 0 Å². The Balaban J connectivity index is 1.76. The van der Waals surface area contributed by atoms with Crippen molar-refractivity contribution in [2.75, 3.05) is 19.8 Å². The van der Waals surface area contributed by atoms with Gasteiger partial charge in [-0.15, -0.1) is 0 Å². The zero-order valence-electron chi connectivity index (χ0n) is 11.2. The summed E-state index contributed by atoms with van der Waals surface area (Å²) in [6.45, 7) is 3.32. The van der Waals surface area contributed by atoms with Crippen LogP contribution < -0.4 is 14.8 Å². The summed E-state index contributed by atoms with van der Waals surface area (Å²) in [6, 6.07) is 5.02. The lowest BCUT2D eigenvalue weighted by Crippen LogP contribution is -2.52. The van der Waals surface area contributed by atoms with Crippen molar-refractivity contribution < 1.29 is 24.1 Å². The van der Waals surface area contributed by atoms with Crippen LogP contribution in [0.5, 0.6) is 11.5 Å². The van der Waals surface area contributed by atoms with Gasteiger partial charge in [-0.05, 0) is 24.6 Å². The first-order valence-corrected chi connectivity index (χ1v) is 6.66. The molecular weight excluding hydrogens is 262 g/mol. The molecule has 2 N–H and O–H groups in total. The first kappa shape index (κ1) is 13.2. The second kappa shape index (κ2) is 5.30. The highest BCUT2D eigenvalue weighted by Gasteiger charge is 2.33. The normalized spacial score (nSPS) is 28.9. The van der Waals surface area contributed by atoms with Crippen molar-refractivity contribution in [1.82, 2.24) is 5.32 Å². The lowest BCUT2D eigenvalue weighted by Gasteiger charge is -2.34. The number of carboxylic acid groups (broad SMARTS) is 1. The summed E-state index contributed by atoms with van der Waals surface area (Å²) in [7, 11) is 0. The summed E-state index contributed by atoms with van der Waals surface area (Å²) < 4.78 is 16.8. The van der Waals surface area contributed by atoms with Crippen LogP contribution in [0.2, 0.25) is 0 Å². The van der Waals surface area contributed by atoms with Crippen LogP contribution in [0.4, 0.5) is 0 Å². The summed E-state index contributed by atoms with van der Waals surface area (Å²) in [5, 5.41) is 12.0. The van der Waals surface area contributed by atoms with E-state index in [0.717, 1.165) is 11.3 Å². The highest BCUT2D eigenvalue weighted by atomic mass is 16.6. The molecule has 6 heteroatoms. The van der Waals surface area contributed by atoms with E-state index in [1.807, 2.05) is 18.2 Å². The molecule has 2 aliphatic rings. The summed E-state index contributed by atoms with van der Waals surface area (Å²) in [4.78, 5) is 11.0. The van der Waals surface area contributed by atoms with Gasteiger partial charge < -0.3 is 19.3 Å². The monoisotopic (exact) mass is 279 g/mol. The van der Waals surface area contributed by atoms with Crippen molar-refractivity contribution in [3.8, 4) is 11.5 Å². The summed E-state index contributed by atoms with van der Waals surface area (Å²) in [5.74, 6) is 0.559. The fourth-order valence-corrected chi connectivity index (χ4v) is 2.53. The summed E-state index contributed by atoms with van der Waals surface area (Å²) in [6.07, 6.45) is -0.573. The number of benzene rings is 1. The average molecular weight is 279 g/mol. The van der Waals surface area contributed by atoms with Gasteiger partial charge >= 0.3 is 5.97 Å². The Hall–Kier alpha value is -1.79. The minimum Gasteiger partial charge on any atom is -0.486 e. The third kappa shape index (κ3) is 2.44. The second-order valence-electron chi connectivity index (χ2n) is 4.96. The predicted molar refractivity (Wildman–Crippen MR) is 70.1 cm³/mol. The second-order valence-corrected chi connectivity index (χ2v) is 4.96. The fourth-order valence-electron chi connectivity index (χ4n) is 2.53. The zero-order valence-corrected chi connectivity index (χ0v) is 11.2. The molecule has 0 aliphatic carbocycles. The Morgan fingerprint density at radius 1 is 1.30 bits per heavy atom. The number of carboxylic acids is 1. The SMILES string of the molecule is CC1OC(c2ccc3c(c2)OCCO3)CNC1C(=O)O. The van der Waals surface area contributed by atoms with Crippen LogP contribution in [0.1, 0.15) is 18.6 Å². The largest absolute Gasteiger partial charge is 0.486 e. The van der Waals surface area contributed by atoms with Crippen molar-refractivity contribution in [2.45, 2.75) is 25.2 Å². The van der Waals surface area contributed by atoms with Crippen molar-refractivity contribution >= 4 is 5.97 Å². The van der Waals surface area contributed by atoms with Gasteiger partial charge in [0.1, 0.15) is 19.3 Å². The first-order chi connectivity index (χ1) is 9.65. The summed E-state index contributed by atoms with van der Waals surface area (Å²) in [5.41, 5.74) is 0.956. The molecule has 108 valence electrons. The van der Waals surface area contributed by atoms with Crippen LogP contribution >= 0.6 is 0 Å². The zero-order chi connectivity index (χ0) is 14.1. The number of aliphatic carboxylic acids is 1. The fraction of sp³-hybridized carbons (Fsp3) is 0.500. The topological polar surface area (TPSA) is 77.0 Å². The number of morpholine rings is 1. The Morgan fingerprint density at radius 2 is 2.05 bits per heavy atom. The maximum atomic E-state index is 11.0. The average Bonchev–Trinajstić information content (AvgIpc) is 2.46. The number of rotatable bonds is 2. The molecule has 2 heterocycles. The molecule has 2 aliphatic heterocycles. The Bertz CT molecular complexity index is 518. The number of carbonyl (C=O) groups is 1. The maximum Gasteiger partial charge on any atom is 0.323 e. The van der Waals surface area contributed by atoms with Crippen LogP contribution in [0.3, 0.4) is 0 Å². The van der Waals surface area contributed by atoms with Gasteiger partial charge in [-0.25, -0.2) is 0 Å². The van der Waals surface area contributed by atoms with Gasteiger partial charge in [0.15, 0.2) is 11.5 Å². The molecule has 1 aromatic carbocycles. The van der Waals surface area contributed by atoms with Gasteiger partial charge in [-0.1, -0.05) is 6.07 Å². The molecule has 0 radical (unpaired) electrons. The smallest absolute Gasteiger partial charge is 0.323 e. The van der Waals surface area contributed by atoms with Crippen LogP contribution in [0.15, 0.2) is 18.2 Å². The Morgan fingerprint density at radius 3 is 2.75 bits per heavy atom. The predicted octanol–water partition coefficient (Wildman–Crippen LogP) is 0.960. The van der Waals surface area contributed by atoms with E-state index < -0.39 is 12.0 Å². The van der Waals surface area contributed by atoms with Crippen molar-refractivity contribution in [1.29, 1.82) is 0 Å². The molecule has 6 nitrogen and oxygen atoms in total. The Labute approximate surface area is 116 Å². The van der Waals surface area contributed by atoms with E-state index in [1.165, 1.54) is 0 Å². The molecule has 0 saturated carbocycles. The van der Waals surface area contributed by atoms with E-state index in [0.29, 0.717) is 25.5 Å². The molecule has 20 heavy (non-hydrogen) atoms. The number of nitrogens with one attached hydrogen (secondary N) is 1. The van der Waals surface area contributed by atoms with E-state index in [2.05, 4.69) is 5.32 Å². The van der Waals surface area contributed by atoms with Gasteiger partial charge in [-0.3, -0.25) is 10.1 Å². The van der Waals surface area contributed by atoms with Gasteiger partial charge in [0.2, 0.25) is 0 Å². The van der Waals surface area contributed by atoms with Gasteiger partial charge in [0.05, 0.1) is 12.2 Å². The van der Waals surface area contributed by atoms with E-state index in [1.54, 1.807) is 6.92 Å². The molecule has 0 spiro atoms. The van der Waals surface area contributed by atoms with E-state index in [-0.39, 0.29) is 12.2 Å². The number of fused-ring (bicyclic) bond motifs is 1. The maximum absolute atomic E-state index is 11.0. The van der Waals surface area contributed by atoms with Crippen LogP contribution in [-0.4, -0.2) is 43.0 Å². The molecule has 3 atom stereocenters. The third-order valence-electron chi connectivity index (χ3n) is 3.58. The molecule has 3 unspecified atom stereocenters.